The summed E-state index contributed by atoms with van der Waals surface area (Å²) >= 11 is 5.89. The van der Waals surface area contributed by atoms with Crippen LogP contribution in [0.1, 0.15) is 37.7 Å². The van der Waals surface area contributed by atoms with Crippen molar-refractivity contribution in [1.82, 2.24) is 9.97 Å². The molecule has 6 heteroatoms. The molecule has 1 fully saturated rings. The highest BCUT2D eigenvalue weighted by atomic mass is 35.5. The molecular formula is C17H21ClN4O. The van der Waals surface area contributed by atoms with Crippen LogP contribution < -0.4 is 15.8 Å². The monoisotopic (exact) mass is 332 g/mol. The molecule has 3 rings (SSSR count). The van der Waals surface area contributed by atoms with E-state index in [9.17, 15) is 0 Å². The molecule has 2 aromatic rings. The molecule has 0 radical (unpaired) electrons. The summed E-state index contributed by atoms with van der Waals surface area (Å²) in [4.78, 5) is 8.40. The number of nitrogen functional groups attached to an aromatic ring is 1. The zero-order valence-electron chi connectivity index (χ0n) is 13.0. The van der Waals surface area contributed by atoms with Crippen molar-refractivity contribution in [3.05, 3.63) is 41.2 Å². The smallest absolute Gasteiger partial charge is 0.242 e. The predicted octanol–water partition coefficient (Wildman–Crippen LogP) is 4.04. The second kappa shape index (κ2) is 7.51. The van der Waals surface area contributed by atoms with Crippen LogP contribution in [0.2, 0.25) is 5.02 Å². The maximum atomic E-state index is 6.16. The first kappa shape index (κ1) is 15.9. The molecule has 1 aliphatic carbocycles. The van der Waals surface area contributed by atoms with E-state index in [-0.39, 0.29) is 6.10 Å². The van der Waals surface area contributed by atoms with Crippen LogP contribution in [0.3, 0.4) is 0 Å². The number of nitrogens with two attached hydrogens (primary N) is 1. The molecule has 23 heavy (non-hydrogen) atoms. The molecule has 0 amide bonds. The predicted molar refractivity (Wildman–Crippen MR) is 92.7 cm³/mol. The summed E-state index contributed by atoms with van der Waals surface area (Å²) in [5, 5.41) is 3.95. The minimum absolute atomic E-state index is 0.213. The van der Waals surface area contributed by atoms with Crippen molar-refractivity contribution in [2.45, 2.75) is 44.8 Å². The van der Waals surface area contributed by atoms with Gasteiger partial charge in [-0.3, -0.25) is 0 Å². The van der Waals surface area contributed by atoms with Crippen molar-refractivity contribution >= 4 is 23.1 Å². The molecule has 1 aromatic heterocycles. The molecule has 0 atom stereocenters. The number of benzene rings is 1. The first-order valence-corrected chi connectivity index (χ1v) is 8.35. The van der Waals surface area contributed by atoms with E-state index in [1.165, 1.54) is 25.6 Å². The molecule has 5 nitrogen and oxygen atoms in total. The number of hydrogen-bond acceptors (Lipinski definition) is 5. The highest BCUT2D eigenvalue weighted by Crippen LogP contribution is 2.29. The minimum atomic E-state index is 0.213. The molecule has 0 aliphatic heterocycles. The van der Waals surface area contributed by atoms with Gasteiger partial charge in [0.1, 0.15) is 18.1 Å². The summed E-state index contributed by atoms with van der Waals surface area (Å²) < 4.78 is 5.96. The Morgan fingerprint density at radius 3 is 2.61 bits per heavy atom. The fraction of sp³-hybridized carbons (Fsp3) is 0.412. The van der Waals surface area contributed by atoms with E-state index in [0.29, 0.717) is 23.9 Å². The standard InChI is InChI=1S/C17H21ClN4O/c18-13-8-6-12(7-9-13)10-20-16-15(19)17(22-11-21-16)23-14-4-2-1-3-5-14/h6-9,11,14H,1-5,10,19H2,(H,20,21,22). The average molecular weight is 333 g/mol. The third-order valence-electron chi connectivity index (χ3n) is 4.05. The zero-order valence-corrected chi connectivity index (χ0v) is 13.7. The third-order valence-corrected chi connectivity index (χ3v) is 4.30. The summed E-state index contributed by atoms with van der Waals surface area (Å²) in [5.74, 6) is 1.08. The Bertz CT molecular complexity index is 642. The molecule has 1 heterocycles. The third kappa shape index (κ3) is 4.26. The summed E-state index contributed by atoms with van der Waals surface area (Å²) in [7, 11) is 0. The number of rotatable bonds is 5. The van der Waals surface area contributed by atoms with Gasteiger partial charge < -0.3 is 15.8 Å². The van der Waals surface area contributed by atoms with E-state index >= 15 is 0 Å². The van der Waals surface area contributed by atoms with Gasteiger partial charge in [-0.15, -0.1) is 0 Å². The van der Waals surface area contributed by atoms with Gasteiger partial charge in [-0.2, -0.15) is 4.98 Å². The van der Waals surface area contributed by atoms with Crippen molar-refractivity contribution < 1.29 is 4.74 Å². The van der Waals surface area contributed by atoms with Gasteiger partial charge in [-0.1, -0.05) is 30.2 Å². The van der Waals surface area contributed by atoms with Crippen LogP contribution in [-0.2, 0) is 6.54 Å². The topological polar surface area (TPSA) is 73.1 Å². The van der Waals surface area contributed by atoms with E-state index in [0.717, 1.165) is 23.4 Å². The number of anilines is 2. The van der Waals surface area contributed by atoms with E-state index in [4.69, 9.17) is 22.1 Å². The van der Waals surface area contributed by atoms with Crippen LogP contribution >= 0.6 is 11.6 Å². The van der Waals surface area contributed by atoms with Gasteiger partial charge >= 0.3 is 0 Å². The summed E-state index contributed by atoms with van der Waals surface area (Å²) in [5.41, 5.74) is 7.72. The summed E-state index contributed by atoms with van der Waals surface area (Å²) in [6.45, 7) is 0.612. The average Bonchev–Trinajstić information content (AvgIpc) is 2.58. The second-order valence-electron chi connectivity index (χ2n) is 5.80. The lowest BCUT2D eigenvalue weighted by molar-refractivity contribution is 0.149. The number of aromatic nitrogens is 2. The lowest BCUT2D eigenvalue weighted by Crippen LogP contribution is -2.21. The van der Waals surface area contributed by atoms with Gasteiger partial charge in [0.15, 0.2) is 5.82 Å². The Balaban J connectivity index is 1.65. The molecule has 0 unspecified atom stereocenters. The largest absolute Gasteiger partial charge is 0.473 e. The zero-order chi connectivity index (χ0) is 16.1. The lowest BCUT2D eigenvalue weighted by atomic mass is 9.98. The van der Waals surface area contributed by atoms with Crippen molar-refractivity contribution in [2.24, 2.45) is 0 Å². The first-order valence-electron chi connectivity index (χ1n) is 7.98. The van der Waals surface area contributed by atoms with E-state index in [2.05, 4.69) is 15.3 Å². The highest BCUT2D eigenvalue weighted by Gasteiger charge is 2.18. The van der Waals surface area contributed by atoms with Gasteiger partial charge in [0, 0.05) is 11.6 Å². The highest BCUT2D eigenvalue weighted by molar-refractivity contribution is 6.30. The fourth-order valence-corrected chi connectivity index (χ4v) is 2.87. The van der Waals surface area contributed by atoms with Gasteiger partial charge in [0.2, 0.25) is 5.88 Å². The maximum absolute atomic E-state index is 6.16. The van der Waals surface area contributed by atoms with E-state index < -0.39 is 0 Å². The Morgan fingerprint density at radius 1 is 1.13 bits per heavy atom. The van der Waals surface area contributed by atoms with Crippen LogP contribution in [-0.4, -0.2) is 16.1 Å². The molecule has 122 valence electrons. The Morgan fingerprint density at radius 2 is 1.87 bits per heavy atom. The van der Waals surface area contributed by atoms with Crippen LogP contribution in [0, 0.1) is 0 Å². The molecule has 1 aliphatic rings. The Hall–Kier alpha value is -2.01. The minimum Gasteiger partial charge on any atom is -0.473 e. The molecule has 0 spiro atoms. The molecule has 3 N–H and O–H groups in total. The van der Waals surface area contributed by atoms with Gasteiger partial charge in [-0.25, -0.2) is 4.98 Å². The number of ether oxygens (including phenoxy) is 1. The van der Waals surface area contributed by atoms with Crippen LogP contribution in [0.25, 0.3) is 0 Å². The fourth-order valence-electron chi connectivity index (χ4n) is 2.74. The van der Waals surface area contributed by atoms with Crippen LogP contribution in [0.15, 0.2) is 30.6 Å². The number of nitrogens with one attached hydrogen (secondary N) is 1. The second-order valence-corrected chi connectivity index (χ2v) is 6.24. The lowest BCUT2D eigenvalue weighted by Gasteiger charge is -2.23. The SMILES string of the molecule is Nc1c(NCc2ccc(Cl)cc2)ncnc1OC1CCCCC1. The number of nitrogens with zero attached hydrogens (tertiary/aromatic N) is 2. The maximum Gasteiger partial charge on any atom is 0.242 e. The molecule has 1 aromatic carbocycles. The molecule has 0 saturated heterocycles. The normalized spacial score (nSPS) is 15.3. The Labute approximate surface area is 141 Å². The quantitative estimate of drug-likeness (QED) is 0.864. The number of halogens is 1. The summed E-state index contributed by atoms with van der Waals surface area (Å²) in [6, 6.07) is 7.65. The summed E-state index contributed by atoms with van der Waals surface area (Å²) in [6.07, 6.45) is 7.53. The van der Waals surface area contributed by atoms with Crippen molar-refractivity contribution in [2.75, 3.05) is 11.1 Å². The van der Waals surface area contributed by atoms with E-state index in [1.54, 1.807) is 0 Å². The van der Waals surface area contributed by atoms with Crippen molar-refractivity contribution in [3.8, 4) is 5.88 Å². The van der Waals surface area contributed by atoms with Crippen LogP contribution in [0.5, 0.6) is 5.88 Å². The Kier molecular flexibility index (Phi) is 5.18. The van der Waals surface area contributed by atoms with Crippen molar-refractivity contribution in [1.29, 1.82) is 0 Å². The van der Waals surface area contributed by atoms with E-state index in [1.807, 2.05) is 24.3 Å². The van der Waals surface area contributed by atoms with Crippen molar-refractivity contribution in [3.63, 3.8) is 0 Å². The first-order chi connectivity index (χ1) is 11.2. The van der Waals surface area contributed by atoms with Gasteiger partial charge in [0.25, 0.3) is 0 Å². The number of hydrogen-bond donors (Lipinski definition) is 2. The van der Waals surface area contributed by atoms with Gasteiger partial charge in [-0.05, 0) is 43.4 Å². The molecule has 0 bridgehead atoms. The van der Waals surface area contributed by atoms with Crippen LogP contribution in [0.4, 0.5) is 11.5 Å². The molecule has 1 saturated carbocycles. The van der Waals surface area contributed by atoms with Gasteiger partial charge in [0.05, 0.1) is 0 Å². The molecular weight excluding hydrogens is 312 g/mol.